The molecule has 0 amide bonds. The summed E-state index contributed by atoms with van der Waals surface area (Å²) in [6.45, 7) is 0.117. The second-order valence-electron chi connectivity index (χ2n) is 3.72. The number of rotatable bonds is 5. The third-order valence-electron chi connectivity index (χ3n) is 2.40. The molecule has 1 aromatic carbocycles. The molecular weight excluding hydrogens is 270 g/mol. The Bertz CT molecular complexity index is 605. The molecule has 2 rings (SSSR count). The van der Waals surface area contributed by atoms with Crippen molar-refractivity contribution in [1.29, 1.82) is 0 Å². The fraction of sp³-hybridized carbons (Fsp3) is 0.167. The molecule has 1 aromatic heterocycles. The normalized spacial score (nSPS) is 11.6. The van der Waals surface area contributed by atoms with Crippen LogP contribution in [0.15, 0.2) is 46.7 Å². The quantitative estimate of drug-likeness (QED) is 0.878. The Morgan fingerprint density at radius 1 is 1.22 bits per heavy atom. The monoisotopic (exact) mass is 283 g/mol. The first-order valence-electron chi connectivity index (χ1n) is 5.34. The van der Waals surface area contributed by atoms with E-state index in [1.54, 1.807) is 0 Å². The van der Waals surface area contributed by atoms with E-state index in [1.165, 1.54) is 22.8 Å². The number of sulfonamides is 1. The molecule has 2 aromatic rings. The zero-order valence-corrected chi connectivity index (χ0v) is 11.2. The standard InChI is InChI=1S/C12H13NO3S2/c14-8-11-6-12(9-17-11)18(15,16)13-7-10-4-2-1-3-5-10/h1-6,9,13-14H,7-8H2. The summed E-state index contributed by atoms with van der Waals surface area (Å²) in [5.41, 5.74) is 0.902. The van der Waals surface area contributed by atoms with E-state index in [4.69, 9.17) is 5.11 Å². The smallest absolute Gasteiger partial charge is 0.241 e. The van der Waals surface area contributed by atoms with Crippen LogP contribution in [-0.4, -0.2) is 13.5 Å². The van der Waals surface area contributed by atoms with Gasteiger partial charge < -0.3 is 5.11 Å². The molecule has 4 nitrogen and oxygen atoms in total. The van der Waals surface area contributed by atoms with Crippen molar-refractivity contribution < 1.29 is 13.5 Å². The molecule has 1 heterocycles. The number of benzene rings is 1. The molecule has 0 saturated heterocycles. The van der Waals surface area contributed by atoms with Gasteiger partial charge in [-0.1, -0.05) is 30.3 Å². The average molecular weight is 283 g/mol. The van der Waals surface area contributed by atoms with Crippen molar-refractivity contribution in [3.05, 3.63) is 52.2 Å². The molecule has 0 aliphatic heterocycles. The Labute approximate surface area is 110 Å². The molecule has 0 atom stereocenters. The summed E-state index contributed by atoms with van der Waals surface area (Å²) >= 11 is 1.23. The van der Waals surface area contributed by atoms with E-state index < -0.39 is 10.0 Å². The number of nitrogens with one attached hydrogen (secondary N) is 1. The molecule has 18 heavy (non-hydrogen) atoms. The zero-order valence-electron chi connectivity index (χ0n) is 9.54. The van der Waals surface area contributed by atoms with Crippen LogP contribution in [0.4, 0.5) is 0 Å². The molecule has 0 saturated carbocycles. The second-order valence-corrected chi connectivity index (χ2v) is 6.48. The number of hydrogen-bond donors (Lipinski definition) is 2. The largest absolute Gasteiger partial charge is 0.391 e. The summed E-state index contributed by atoms with van der Waals surface area (Å²) < 4.78 is 26.4. The number of aliphatic hydroxyl groups is 1. The highest BCUT2D eigenvalue weighted by Gasteiger charge is 2.15. The number of thiophene rings is 1. The van der Waals surface area contributed by atoms with E-state index in [2.05, 4.69) is 4.72 Å². The van der Waals surface area contributed by atoms with Crippen LogP contribution in [0.1, 0.15) is 10.4 Å². The van der Waals surface area contributed by atoms with Gasteiger partial charge in [0.1, 0.15) is 0 Å². The molecule has 96 valence electrons. The van der Waals surface area contributed by atoms with Crippen LogP contribution in [0.2, 0.25) is 0 Å². The SMILES string of the molecule is O=S(=O)(NCc1ccccc1)c1csc(CO)c1. The predicted octanol–water partition coefficient (Wildman–Crippen LogP) is 1.72. The summed E-state index contributed by atoms with van der Waals surface area (Å²) in [6, 6.07) is 10.8. The summed E-state index contributed by atoms with van der Waals surface area (Å²) in [5.74, 6) is 0. The van der Waals surface area contributed by atoms with Gasteiger partial charge in [0, 0.05) is 16.8 Å². The molecular formula is C12H13NO3S2. The Morgan fingerprint density at radius 2 is 1.94 bits per heavy atom. The molecule has 6 heteroatoms. The molecule has 0 unspecified atom stereocenters. The molecule has 2 N–H and O–H groups in total. The molecule has 0 radical (unpaired) electrons. The highest BCUT2D eigenvalue weighted by Crippen LogP contribution is 2.19. The van der Waals surface area contributed by atoms with E-state index in [9.17, 15) is 8.42 Å². The average Bonchev–Trinajstić information content (AvgIpc) is 2.87. The maximum Gasteiger partial charge on any atom is 0.241 e. The van der Waals surface area contributed by atoms with Gasteiger partial charge in [-0.3, -0.25) is 0 Å². The lowest BCUT2D eigenvalue weighted by atomic mass is 10.2. The second kappa shape index (κ2) is 5.62. The minimum absolute atomic E-state index is 0.140. The maximum absolute atomic E-state index is 11.9. The highest BCUT2D eigenvalue weighted by atomic mass is 32.2. The van der Waals surface area contributed by atoms with Gasteiger partial charge in [0.05, 0.1) is 11.5 Å². The van der Waals surface area contributed by atoms with Crippen LogP contribution in [0, 0.1) is 0 Å². The summed E-state index contributed by atoms with van der Waals surface area (Å²) in [5, 5.41) is 10.4. The molecule has 0 aliphatic rings. The molecule has 0 bridgehead atoms. The van der Waals surface area contributed by atoms with Crippen LogP contribution in [0.25, 0.3) is 0 Å². The van der Waals surface area contributed by atoms with E-state index >= 15 is 0 Å². The van der Waals surface area contributed by atoms with Crippen LogP contribution in [0.5, 0.6) is 0 Å². The topological polar surface area (TPSA) is 66.4 Å². The van der Waals surface area contributed by atoms with Crippen LogP contribution in [0.3, 0.4) is 0 Å². The van der Waals surface area contributed by atoms with E-state index in [1.807, 2.05) is 30.3 Å². The van der Waals surface area contributed by atoms with E-state index in [0.29, 0.717) is 4.88 Å². The van der Waals surface area contributed by atoms with Crippen molar-refractivity contribution in [2.24, 2.45) is 0 Å². The van der Waals surface area contributed by atoms with Crippen LogP contribution < -0.4 is 4.72 Å². The lowest BCUT2D eigenvalue weighted by molar-refractivity contribution is 0.285. The first-order chi connectivity index (χ1) is 8.62. The lowest BCUT2D eigenvalue weighted by Crippen LogP contribution is -2.22. The third kappa shape index (κ3) is 3.17. The van der Waals surface area contributed by atoms with Gasteiger partial charge in [0.2, 0.25) is 10.0 Å². The van der Waals surface area contributed by atoms with Crippen LogP contribution >= 0.6 is 11.3 Å². The van der Waals surface area contributed by atoms with Crippen molar-refractivity contribution in [2.45, 2.75) is 18.0 Å². The Morgan fingerprint density at radius 3 is 2.56 bits per heavy atom. The van der Waals surface area contributed by atoms with Crippen molar-refractivity contribution in [3.63, 3.8) is 0 Å². The summed E-state index contributed by atoms with van der Waals surface area (Å²) in [6.07, 6.45) is 0. The zero-order chi connectivity index (χ0) is 13.0. The van der Waals surface area contributed by atoms with Gasteiger partial charge in [-0.05, 0) is 11.6 Å². The molecule has 0 spiro atoms. The maximum atomic E-state index is 11.9. The van der Waals surface area contributed by atoms with Crippen molar-refractivity contribution in [2.75, 3.05) is 0 Å². The summed E-state index contributed by atoms with van der Waals surface area (Å²) in [7, 11) is -3.50. The lowest BCUT2D eigenvalue weighted by Gasteiger charge is -2.04. The first-order valence-corrected chi connectivity index (χ1v) is 7.70. The fourth-order valence-corrected chi connectivity index (χ4v) is 3.59. The van der Waals surface area contributed by atoms with Crippen molar-refractivity contribution >= 4 is 21.4 Å². The van der Waals surface area contributed by atoms with Gasteiger partial charge in [0.25, 0.3) is 0 Å². The number of hydrogen-bond acceptors (Lipinski definition) is 4. The van der Waals surface area contributed by atoms with Gasteiger partial charge in [-0.25, -0.2) is 13.1 Å². The number of aliphatic hydroxyl groups excluding tert-OH is 1. The van der Waals surface area contributed by atoms with E-state index in [-0.39, 0.29) is 18.0 Å². The van der Waals surface area contributed by atoms with Gasteiger partial charge in [-0.15, -0.1) is 11.3 Å². The Balaban J connectivity index is 2.08. The van der Waals surface area contributed by atoms with Gasteiger partial charge >= 0.3 is 0 Å². The highest BCUT2D eigenvalue weighted by molar-refractivity contribution is 7.89. The summed E-state index contributed by atoms with van der Waals surface area (Å²) in [4.78, 5) is 0.836. The van der Waals surface area contributed by atoms with Gasteiger partial charge in [0.15, 0.2) is 0 Å². The third-order valence-corrected chi connectivity index (χ3v) is 4.86. The van der Waals surface area contributed by atoms with Crippen molar-refractivity contribution in [1.82, 2.24) is 4.72 Å². The Kier molecular flexibility index (Phi) is 4.13. The van der Waals surface area contributed by atoms with Crippen LogP contribution in [-0.2, 0) is 23.2 Å². The fourth-order valence-electron chi connectivity index (χ4n) is 1.44. The minimum atomic E-state index is -3.50. The van der Waals surface area contributed by atoms with Crippen molar-refractivity contribution in [3.8, 4) is 0 Å². The minimum Gasteiger partial charge on any atom is -0.391 e. The molecule has 0 aliphatic carbocycles. The Hall–Kier alpha value is -1.21. The molecule has 0 fully saturated rings. The van der Waals surface area contributed by atoms with E-state index in [0.717, 1.165) is 5.56 Å². The first kappa shape index (κ1) is 13.2. The predicted molar refractivity (Wildman–Crippen MR) is 70.7 cm³/mol. The van der Waals surface area contributed by atoms with Gasteiger partial charge in [-0.2, -0.15) is 0 Å².